The molecule has 0 heterocycles. The summed E-state index contributed by atoms with van der Waals surface area (Å²) in [5, 5.41) is 5.11. The molecule has 0 aliphatic heterocycles. The third kappa shape index (κ3) is 6.36. The molecule has 0 aliphatic rings. The molecule has 1 unspecified atom stereocenters. The third-order valence-corrected chi connectivity index (χ3v) is 2.87. The van der Waals surface area contributed by atoms with Crippen molar-refractivity contribution in [2.45, 2.75) is 32.4 Å². The van der Waals surface area contributed by atoms with Crippen LogP contribution in [0.25, 0.3) is 0 Å². The number of carbonyl (C=O) groups excluding carboxylic acids is 2. The monoisotopic (exact) mass is 335 g/mol. The Labute approximate surface area is 134 Å². The molecule has 5 nitrogen and oxygen atoms in total. The van der Waals surface area contributed by atoms with Gasteiger partial charge in [0, 0.05) is 31.1 Å². The summed E-state index contributed by atoms with van der Waals surface area (Å²) < 4.78 is 26.7. The van der Waals surface area contributed by atoms with Crippen LogP contribution in [0.5, 0.6) is 0 Å². The van der Waals surface area contributed by atoms with Gasteiger partial charge in [0.1, 0.15) is 11.6 Å². The summed E-state index contributed by atoms with van der Waals surface area (Å²) in [5.74, 6) is -2.33. The standard InChI is InChI=1S/C14H19F2N3O2.ClH/c1-8(7-17)18-14(21)6-13(19-9(2)20)11-4-3-10(15)5-12(11)16;/h3-5,8,13H,6-7,17H2,1-2H3,(H,18,21)(H,19,20);1H/t8-,13?;/m0./s1. The van der Waals surface area contributed by atoms with E-state index >= 15 is 0 Å². The van der Waals surface area contributed by atoms with Crippen molar-refractivity contribution in [2.75, 3.05) is 6.54 Å². The van der Waals surface area contributed by atoms with Crippen LogP contribution in [0.4, 0.5) is 8.78 Å². The minimum atomic E-state index is -0.868. The average molecular weight is 336 g/mol. The van der Waals surface area contributed by atoms with Crippen molar-refractivity contribution in [3.8, 4) is 0 Å². The Balaban J connectivity index is 0.00000441. The molecule has 0 saturated heterocycles. The third-order valence-electron chi connectivity index (χ3n) is 2.87. The number of rotatable bonds is 6. The quantitative estimate of drug-likeness (QED) is 0.735. The van der Waals surface area contributed by atoms with Crippen molar-refractivity contribution in [2.24, 2.45) is 5.73 Å². The van der Waals surface area contributed by atoms with Crippen molar-refractivity contribution >= 4 is 24.2 Å². The van der Waals surface area contributed by atoms with Gasteiger partial charge in [0.25, 0.3) is 0 Å². The van der Waals surface area contributed by atoms with E-state index in [0.717, 1.165) is 6.07 Å². The lowest BCUT2D eigenvalue weighted by Crippen LogP contribution is -2.40. The first-order valence-corrected chi connectivity index (χ1v) is 6.55. The normalized spacial score (nSPS) is 12.8. The van der Waals surface area contributed by atoms with Gasteiger partial charge in [0.05, 0.1) is 12.5 Å². The number of hydrogen-bond donors (Lipinski definition) is 3. The first kappa shape index (κ1) is 20.3. The Hall–Kier alpha value is -1.73. The number of carbonyl (C=O) groups is 2. The Morgan fingerprint density at radius 3 is 2.41 bits per heavy atom. The van der Waals surface area contributed by atoms with Gasteiger partial charge in [0.15, 0.2) is 0 Å². The highest BCUT2D eigenvalue weighted by Crippen LogP contribution is 2.21. The molecule has 22 heavy (non-hydrogen) atoms. The van der Waals surface area contributed by atoms with Crippen molar-refractivity contribution in [1.29, 1.82) is 0 Å². The van der Waals surface area contributed by atoms with E-state index in [-0.39, 0.29) is 42.9 Å². The number of halogens is 3. The number of hydrogen-bond acceptors (Lipinski definition) is 3. The fourth-order valence-corrected chi connectivity index (χ4v) is 1.85. The lowest BCUT2D eigenvalue weighted by Gasteiger charge is -2.20. The van der Waals surface area contributed by atoms with Gasteiger partial charge >= 0.3 is 0 Å². The fraction of sp³-hybridized carbons (Fsp3) is 0.429. The Morgan fingerprint density at radius 2 is 1.91 bits per heavy atom. The second kappa shape index (κ2) is 9.32. The highest BCUT2D eigenvalue weighted by Gasteiger charge is 2.21. The molecule has 124 valence electrons. The summed E-state index contributed by atoms with van der Waals surface area (Å²) in [6, 6.07) is 1.91. The molecular formula is C14H20ClF2N3O2. The zero-order valence-corrected chi connectivity index (χ0v) is 13.2. The predicted molar refractivity (Wildman–Crippen MR) is 81.4 cm³/mol. The highest BCUT2D eigenvalue weighted by molar-refractivity contribution is 5.85. The van der Waals surface area contributed by atoms with E-state index in [2.05, 4.69) is 10.6 Å². The number of nitrogens with one attached hydrogen (secondary N) is 2. The molecule has 1 aromatic carbocycles. The molecule has 2 amide bonds. The highest BCUT2D eigenvalue weighted by atomic mass is 35.5. The molecule has 0 saturated carbocycles. The second-order valence-electron chi connectivity index (χ2n) is 4.83. The van der Waals surface area contributed by atoms with Crippen molar-refractivity contribution in [1.82, 2.24) is 10.6 Å². The average Bonchev–Trinajstić information content (AvgIpc) is 2.37. The first-order valence-electron chi connectivity index (χ1n) is 6.55. The van der Waals surface area contributed by atoms with Gasteiger partial charge in [0.2, 0.25) is 11.8 Å². The zero-order chi connectivity index (χ0) is 16.0. The van der Waals surface area contributed by atoms with Gasteiger partial charge in [-0.15, -0.1) is 12.4 Å². The summed E-state index contributed by atoms with van der Waals surface area (Å²) in [6.45, 7) is 3.25. The Kier molecular flexibility index (Phi) is 8.59. The van der Waals surface area contributed by atoms with E-state index in [4.69, 9.17) is 5.73 Å². The van der Waals surface area contributed by atoms with Crippen LogP contribution in [0.3, 0.4) is 0 Å². The molecule has 0 fully saturated rings. The van der Waals surface area contributed by atoms with Gasteiger partial charge in [-0.3, -0.25) is 9.59 Å². The largest absolute Gasteiger partial charge is 0.352 e. The van der Waals surface area contributed by atoms with Gasteiger partial charge in [-0.2, -0.15) is 0 Å². The summed E-state index contributed by atoms with van der Waals surface area (Å²) in [4.78, 5) is 23.0. The van der Waals surface area contributed by atoms with Gasteiger partial charge in [-0.05, 0) is 13.0 Å². The molecule has 0 aromatic heterocycles. The maximum atomic E-state index is 13.8. The molecule has 2 atom stereocenters. The second-order valence-corrected chi connectivity index (χ2v) is 4.83. The van der Waals surface area contributed by atoms with E-state index in [0.29, 0.717) is 6.07 Å². The minimum absolute atomic E-state index is 0. The van der Waals surface area contributed by atoms with E-state index in [1.165, 1.54) is 13.0 Å². The van der Waals surface area contributed by atoms with Crippen LogP contribution in [0, 0.1) is 11.6 Å². The molecule has 0 bridgehead atoms. The van der Waals surface area contributed by atoms with Crippen LogP contribution in [0.1, 0.15) is 31.9 Å². The summed E-state index contributed by atoms with van der Waals surface area (Å²) >= 11 is 0. The molecule has 1 aromatic rings. The van der Waals surface area contributed by atoms with Crippen molar-refractivity contribution < 1.29 is 18.4 Å². The summed E-state index contributed by atoms with van der Waals surface area (Å²) in [5.41, 5.74) is 5.46. The SMILES string of the molecule is CC(=O)NC(CC(=O)N[C@@H](C)CN)c1ccc(F)cc1F.Cl. The van der Waals surface area contributed by atoms with E-state index in [9.17, 15) is 18.4 Å². The van der Waals surface area contributed by atoms with E-state index < -0.39 is 23.6 Å². The van der Waals surface area contributed by atoms with Crippen LogP contribution in [-0.2, 0) is 9.59 Å². The maximum absolute atomic E-state index is 13.8. The molecule has 0 radical (unpaired) electrons. The number of nitrogens with two attached hydrogens (primary N) is 1. The maximum Gasteiger partial charge on any atom is 0.222 e. The van der Waals surface area contributed by atoms with Crippen LogP contribution in [0.2, 0.25) is 0 Å². The van der Waals surface area contributed by atoms with Crippen LogP contribution < -0.4 is 16.4 Å². The molecule has 0 aliphatic carbocycles. The Bertz CT molecular complexity index is 529. The molecule has 8 heteroatoms. The van der Waals surface area contributed by atoms with Gasteiger partial charge in [-0.25, -0.2) is 8.78 Å². The van der Waals surface area contributed by atoms with E-state index in [1.54, 1.807) is 6.92 Å². The zero-order valence-electron chi connectivity index (χ0n) is 12.4. The summed E-state index contributed by atoms with van der Waals surface area (Å²) in [6.07, 6.45) is -0.160. The van der Waals surface area contributed by atoms with Crippen LogP contribution >= 0.6 is 12.4 Å². The van der Waals surface area contributed by atoms with Crippen molar-refractivity contribution in [3.05, 3.63) is 35.4 Å². The lowest BCUT2D eigenvalue weighted by molar-refractivity contribution is -0.123. The molecule has 0 spiro atoms. The number of benzene rings is 1. The molecule has 4 N–H and O–H groups in total. The first-order chi connectivity index (χ1) is 9.83. The van der Waals surface area contributed by atoms with Gasteiger partial charge < -0.3 is 16.4 Å². The van der Waals surface area contributed by atoms with Crippen LogP contribution in [0.15, 0.2) is 18.2 Å². The fourth-order valence-electron chi connectivity index (χ4n) is 1.85. The lowest BCUT2D eigenvalue weighted by atomic mass is 10.0. The molecule has 1 rings (SSSR count). The smallest absolute Gasteiger partial charge is 0.222 e. The van der Waals surface area contributed by atoms with Gasteiger partial charge in [-0.1, -0.05) is 6.07 Å². The van der Waals surface area contributed by atoms with E-state index in [1.807, 2.05) is 0 Å². The predicted octanol–water partition coefficient (Wildman–Crippen LogP) is 1.42. The molecular weight excluding hydrogens is 316 g/mol. The minimum Gasteiger partial charge on any atom is -0.352 e. The summed E-state index contributed by atoms with van der Waals surface area (Å²) in [7, 11) is 0. The topological polar surface area (TPSA) is 84.2 Å². The van der Waals surface area contributed by atoms with Crippen molar-refractivity contribution in [3.63, 3.8) is 0 Å². The van der Waals surface area contributed by atoms with Crippen LogP contribution in [-0.4, -0.2) is 24.4 Å². The Morgan fingerprint density at radius 1 is 1.27 bits per heavy atom. The number of amides is 2.